The molecule has 0 aliphatic carbocycles. The van der Waals surface area contributed by atoms with E-state index in [1.807, 2.05) is 6.07 Å². The summed E-state index contributed by atoms with van der Waals surface area (Å²) in [6, 6.07) is 19.1. The summed E-state index contributed by atoms with van der Waals surface area (Å²) in [5.74, 6) is 0. The molecular formula is C16H10N2. The van der Waals surface area contributed by atoms with Gasteiger partial charge in [-0.2, -0.15) is 10.2 Å². The molecule has 0 fully saturated rings. The number of hydrogen-bond acceptors (Lipinski definition) is 2. The van der Waals surface area contributed by atoms with Crippen LogP contribution in [0.5, 0.6) is 0 Å². The molecule has 0 N–H and O–H groups in total. The van der Waals surface area contributed by atoms with Crippen LogP contribution in [0.15, 0.2) is 60.8 Å². The van der Waals surface area contributed by atoms with Crippen LogP contribution in [0.3, 0.4) is 0 Å². The minimum Gasteiger partial charge on any atom is -0.159 e. The first-order valence-electron chi connectivity index (χ1n) is 5.95. The van der Waals surface area contributed by atoms with Gasteiger partial charge >= 0.3 is 0 Å². The van der Waals surface area contributed by atoms with Crippen molar-refractivity contribution in [2.75, 3.05) is 0 Å². The van der Waals surface area contributed by atoms with E-state index in [0.29, 0.717) is 0 Å². The molecule has 0 saturated carbocycles. The smallest absolute Gasteiger partial charge is 0.0936 e. The Morgan fingerprint density at radius 2 is 1.56 bits per heavy atom. The molecule has 4 aromatic rings. The van der Waals surface area contributed by atoms with Gasteiger partial charge in [-0.25, -0.2) is 0 Å². The molecule has 0 bridgehead atoms. The zero-order valence-corrected chi connectivity index (χ0v) is 9.67. The van der Waals surface area contributed by atoms with Gasteiger partial charge in [0.2, 0.25) is 0 Å². The Kier molecular flexibility index (Phi) is 1.86. The van der Waals surface area contributed by atoms with Crippen molar-refractivity contribution in [3.05, 3.63) is 60.8 Å². The summed E-state index contributed by atoms with van der Waals surface area (Å²) in [7, 11) is 0. The lowest BCUT2D eigenvalue weighted by Gasteiger charge is -2.05. The predicted molar refractivity (Wildman–Crippen MR) is 74.6 cm³/mol. The van der Waals surface area contributed by atoms with Crippen molar-refractivity contribution in [3.8, 4) is 0 Å². The Labute approximate surface area is 104 Å². The van der Waals surface area contributed by atoms with E-state index < -0.39 is 0 Å². The van der Waals surface area contributed by atoms with Gasteiger partial charge in [0, 0.05) is 5.39 Å². The summed E-state index contributed by atoms with van der Waals surface area (Å²) in [5.41, 5.74) is 0.945. The first-order chi connectivity index (χ1) is 8.92. The predicted octanol–water partition coefficient (Wildman–Crippen LogP) is 3.94. The number of fused-ring (bicyclic) bond motifs is 4. The van der Waals surface area contributed by atoms with Crippen molar-refractivity contribution in [1.82, 2.24) is 10.2 Å². The lowest BCUT2D eigenvalue weighted by molar-refractivity contribution is 1.08. The molecule has 0 unspecified atom stereocenters. The highest BCUT2D eigenvalue weighted by Gasteiger charge is 2.02. The van der Waals surface area contributed by atoms with Crippen LogP contribution < -0.4 is 0 Å². The number of nitrogens with zero attached hydrogens (tertiary/aromatic N) is 2. The normalized spacial score (nSPS) is 11.3. The second-order valence-corrected chi connectivity index (χ2v) is 4.45. The van der Waals surface area contributed by atoms with Gasteiger partial charge in [-0.05, 0) is 39.7 Å². The van der Waals surface area contributed by atoms with Crippen LogP contribution in [-0.2, 0) is 0 Å². The van der Waals surface area contributed by atoms with E-state index in [1.165, 1.54) is 21.5 Å². The molecule has 2 heteroatoms. The van der Waals surface area contributed by atoms with Gasteiger partial charge in [-0.1, -0.05) is 36.4 Å². The van der Waals surface area contributed by atoms with Gasteiger partial charge < -0.3 is 0 Å². The summed E-state index contributed by atoms with van der Waals surface area (Å²) >= 11 is 0. The average molecular weight is 230 g/mol. The Morgan fingerprint density at radius 1 is 0.667 bits per heavy atom. The molecule has 0 radical (unpaired) electrons. The molecule has 0 amide bonds. The Bertz CT molecular complexity index is 875. The monoisotopic (exact) mass is 230 g/mol. The first kappa shape index (κ1) is 9.54. The molecule has 0 atom stereocenters. The average Bonchev–Trinajstić information content (AvgIpc) is 2.45. The molecule has 0 aliphatic heterocycles. The highest BCUT2D eigenvalue weighted by atomic mass is 15.1. The molecule has 1 heterocycles. The summed E-state index contributed by atoms with van der Waals surface area (Å²) < 4.78 is 0. The van der Waals surface area contributed by atoms with E-state index >= 15 is 0 Å². The summed E-state index contributed by atoms with van der Waals surface area (Å²) in [4.78, 5) is 0. The van der Waals surface area contributed by atoms with Gasteiger partial charge in [0.15, 0.2) is 0 Å². The van der Waals surface area contributed by atoms with Crippen LogP contribution >= 0.6 is 0 Å². The van der Waals surface area contributed by atoms with Gasteiger partial charge in [0.1, 0.15) is 0 Å². The third-order valence-corrected chi connectivity index (χ3v) is 3.38. The van der Waals surface area contributed by atoms with Crippen molar-refractivity contribution >= 4 is 32.4 Å². The maximum absolute atomic E-state index is 4.16. The number of benzene rings is 3. The summed E-state index contributed by atoms with van der Waals surface area (Å²) in [5, 5.41) is 14.3. The highest BCUT2D eigenvalue weighted by Crippen LogP contribution is 2.28. The van der Waals surface area contributed by atoms with E-state index in [2.05, 4.69) is 58.7 Å². The summed E-state index contributed by atoms with van der Waals surface area (Å²) in [6.07, 6.45) is 1.74. The molecule has 4 rings (SSSR count). The van der Waals surface area contributed by atoms with E-state index in [-0.39, 0.29) is 0 Å². The van der Waals surface area contributed by atoms with Crippen LogP contribution in [0.2, 0.25) is 0 Å². The van der Waals surface area contributed by atoms with Gasteiger partial charge in [0.05, 0.1) is 11.7 Å². The molecular weight excluding hydrogens is 220 g/mol. The lowest BCUT2D eigenvalue weighted by atomic mass is 10.0. The largest absolute Gasteiger partial charge is 0.159 e. The van der Waals surface area contributed by atoms with Crippen LogP contribution in [0, 0.1) is 0 Å². The molecule has 0 saturated heterocycles. The fourth-order valence-electron chi connectivity index (χ4n) is 2.49. The first-order valence-corrected chi connectivity index (χ1v) is 5.95. The van der Waals surface area contributed by atoms with Crippen LogP contribution in [-0.4, -0.2) is 10.2 Å². The van der Waals surface area contributed by atoms with E-state index in [1.54, 1.807) is 6.20 Å². The topological polar surface area (TPSA) is 25.8 Å². The van der Waals surface area contributed by atoms with Gasteiger partial charge in [0.25, 0.3) is 0 Å². The quantitative estimate of drug-likeness (QED) is 0.338. The molecule has 0 aliphatic rings. The van der Waals surface area contributed by atoms with Gasteiger partial charge in [-0.3, -0.25) is 0 Å². The van der Waals surface area contributed by atoms with Crippen molar-refractivity contribution in [1.29, 1.82) is 0 Å². The molecule has 0 spiro atoms. The van der Waals surface area contributed by atoms with Crippen LogP contribution in [0.25, 0.3) is 32.4 Å². The number of hydrogen-bond donors (Lipinski definition) is 0. The van der Waals surface area contributed by atoms with Crippen molar-refractivity contribution in [2.24, 2.45) is 0 Å². The fraction of sp³-hybridized carbons (Fsp3) is 0. The SMILES string of the molecule is c1ccc2c(c1)ccc1cc3nnccc3cc12. The minimum atomic E-state index is 0.945. The maximum atomic E-state index is 4.16. The Balaban J connectivity index is 2.27. The third kappa shape index (κ3) is 1.29. The van der Waals surface area contributed by atoms with Gasteiger partial charge in [-0.15, -0.1) is 0 Å². The molecule has 2 nitrogen and oxygen atoms in total. The number of rotatable bonds is 0. The van der Waals surface area contributed by atoms with Crippen molar-refractivity contribution in [3.63, 3.8) is 0 Å². The van der Waals surface area contributed by atoms with E-state index in [0.717, 1.165) is 10.9 Å². The standard InChI is InChI=1S/C16H10N2/c1-2-4-14-11(3-1)5-6-12-10-16-13(9-15(12)14)7-8-17-18-16/h1-10H. The molecule has 1 aromatic heterocycles. The lowest BCUT2D eigenvalue weighted by Crippen LogP contribution is -1.84. The second kappa shape index (κ2) is 3.50. The Hall–Kier alpha value is -2.48. The van der Waals surface area contributed by atoms with E-state index in [9.17, 15) is 0 Å². The minimum absolute atomic E-state index is 0.945. The highest BCUT2D eigenvalue weighted by molar-refractivity contribution is 6.11. The van der Waals surface area contributed by atoms with Crippen molar-refractivity contribution in [2.45, 2.75) is 0 Å². The second-order valence-electron chi connectivity index (χ2n) is 4.45. The van der Waals surface area contributed by atoms with Crippen molar-refractivity contribution < 1.29 is 0 Å². The zero-order valence-electron chi connectivity index (χ0n) is 9.67. The summed E-state index contributed by atoms with van der Waals surface area (Å²) in [6.45, 7) is 0. The molecule has 3 aromatic carbocycles. The van der Waals surface area contributed by atoms with Crippen LogP contribution in [0.1, 0.15) is 0 Å². The maximum Gasteiger partial charge on any atom is 0.0936 e. The Morgan fingerprint density at radius 3 is 2.56 bits per heavy atom. The molecule has 18 heavy (non-hydrogen) atoms. The molecule has 84 valence electrons. The van der Waals surface area contributed by atoms with Crippen LogP contribution in [0.4, 0.5) is 0 Å². The zero-order chi connectivity index (χ0) is 11.9. The fourth-order valence-corrected chi connectivity index (χ4v) is 2.49. The third-order valence-electron chi connectivity index (χ3n) is 3.38. The van der Waals surface area contributed by atoms with E-state index in [4.69, 9.17) is 0 Å². The number of aromatic nitrogens is 2.